The number of barbiturate groups is 1. The van der Waals surface area contributed by atoms with E-state index in [0.29, 0.717) is 34.7 Å². The Balaban J connectivity index is 1.96. The van der Waals surface area contributed by atoms with Crippen molar-refractivity contribution in [2.24, 2.45) is 0 Å². The minimum Gasteiger partial charge on any atom is -0.490 e. The standard InChI is InChI=1S/C21H25BrN2O5/c1-3-28-17-12-13(11-16(22)18(17)29-4-2)10-15-19(25)23-21(27)24(20(15)26)14-8-6-5-7-9-14/h10-12,14H,3-9H2,1-2H3,(H,23,25,27). The van der Waals surface area contributed by atoms with Gasteiger partial charge in [0.05, 0.1) is 17.7 Å². The zero-order valence-electron chi connectivity index (χ0n) is 16.6. The minimum absolute atomic E-state index is 0.0614. The average molecular weight is 465 g/mol. The van der Waals surface area contributed by atoms with Crippen LogP contribution in [-0.4, -0.2) is 42.0 Å². The lowest BCUT2D eigenvalue weighted by atomic mass is 9.93. The lowest BCUT2D eigenvalue weighted by molar-refractivity contribution is -0.132. The van der Waals surface area contributed by atoms with Crippen molar-refractivity contribution in [1.82, 2.24) is 10.2 Å². The van der Waals surface area contributed by atoms with Gasteiger partial charge in [-0.1, -0.05) is 19.3 Å². The first-order chi connectivity index (χ1) is 14.0. The highest BCUT2D eigenvalue weighted by atomic mass is 79.9. The molecule has 3 rings (SSSR count). The summed E-state index contributed by atoms with van der Waals surface area (Å²) in [5.74, 6) is -0.155. The molecule has 0 radical (unpaired) electrons. The van der Waals surface area contributed by atoms with Crippen molar-refractivity contribution < 1.29 is 23.9 Å². The van der Waals surface area contributed by atoms with Gasteiger partial charge in [-0.3, -0.25) is 19.8 Å². The van der Waals surface area contributed by atoms with Crippen LogP contribution in [0, 0.1) is 0 Å². The monoisotopic (exact) mass is 464 g/mol. The van der Waals surface area contributed by atoms with Gasteiger partial charge < -0.3 is 9.47 Å². The Kier molecular flexibility index (Phi) is 6.95. The van der Waals surface area contributed by atoms with Crippen molar-refractivity contribution >= 4 is 39.9 Å². The summed E-state index contributed by atoms with van der Waals surface area (Å²) in [6, 6.07) is 2.67. The second kappa shape index (κ2) is 9.43. The second-order valence-electron chi connectivity index (χ2n) is 6.98. The number of hydrogen-bond acceptors (Lipinski definition) is 5. The maximum absolute atomic E-state index is 13.0. The molecule has 4 amide bonds. The fraction of sp³-hybridized carbons (Fsp3) is 0.476. The van der Waals surface area contributed by atoms with Crippen LogP contribution in [0.3, 0.4) is 0 Å². The lowest BCUT2D eigenvalue weighted by Crippen LogP contribution is -2.58. The van der Waals surface area contributed by atoms with E-state index in [0.717, 1.165) is 32.1 Å². The molecule has 1 saturated heterocycles. The molecule has 8 heteroatoms. The molecule has 2 fully saturated rings. The van der Waals surface area contributed by atoms with E-state index in [1.165, 1.54) is 11.0 Å². The van der Waals surface area contributed by atoms with Crippen molar-refractivity contribution in [3.05, 3.63) is 27.7 Å². The van der Waals surface area contributed by atoms with Gasteiger partial charge in [0, 0.05) is 6.04 Å². The number of carbonyl (C=O) groups is 3. The van der Waals surface area contributed by atoms with Crippen LogP contribution in [0.2, 0.25) is 0 Å². The number of nitrogens with zero attached hydrogens (tertiary/aromatic N) is 1. The summed E-state index contributed by atoms with van der Waals surface area (Å²) in [6.45, 7) is 4.65. The molecule has 0 atom stereocenters. The summed E-state index contributed by atoms with van der Waals surface area (Å²) in [5.41, 5.74) is 0.536. The van der Waals surface area contributed by atoms with Crippen molar-refractivity contribution in [3.8, 4) is 11.5 Å². The normalized spacial score (nSPS) is 19.5. The molecule has 0 unspecified atom stereocenters. The zero-order chi connectivity index (χ0) is 21.0. The van der Waals surface area contributed by atoms with Crippen molar-refractivity contribution in [3.63, 3.8) is 0 Å². The molecule has 0 bridgehead atoms. The Morgan fingerprint density at radius 3 is 2.45 bits per heavy atom. The van der Waals surface area contributed by atoms with Crippen LogP contribution < -0.4 is 14.8 Å². The minimum atomic E-state index is -0.685. The van der Waals surface area contributed by atoms with Crippen LogP contribution in [0.15, 0.2) is 22.2 Å². The van der Waals surface area contributed by atoms with E-state index in [4.69, 9.17) is 9.47 Å². The summed E-state index contributed by atoms with van der Waals surface area (Å²) in [7, 11) is 0. The van der Waals surface area contributed by atoms with Crippen LogP contribution in [0.5, 0.6) is 11.5 Å². The number of ether oxygens (including phenoxy) is 2. The highest BCUT2D eigenvalue weighted by Gasteiger charge is 2.40. The molecule has 1 N–H and O–H groups in total. The Morgan fingerprint density at radius 2 is 1.79 bits per heavy atom. The fourth-order valence-electron chi connectivity index (χ4n) is 3.73. The molecule has 1 aliphatic heterocycles. The number of benzene rings is 1. The Bertz CT molecular complexity index is 846. The predicted octanol–water partition coefficient (Wildman–Crippen LogP) is 4.04. The van der Waals surface area contributed by atoms with E-state index in [1.54, 1.807) is 12.1 Å². The van der Waals surface area contributed by atoms with E-state index in [1.807, 2.05) is 13.8 Å². The van der Waals surface area contributed by atoms with Crippen molar-refractivity contribution in [2.75, 3.05) is 13.2 Å². The maximum atomic E-state index is 13.0. The summed E-state index contributed by atoms with van der Waals surface area (Å²) >= 11 is 3.46. The molecule has 29 heavy (non-hydrogen) atoms. The van der Waals surface area contributed by atoms with Crippen LogP contribution in [0.4, 0.5) is 4.79 Å². The van der Waals surface area contributed by atoms with Crippen LogP contribution in [0.1, 0.15) is 51.5 Å². The molecule has 1 aromatic rings. The molecule has 1 heterocycles. The fourth-order valence-corrected chi connectivity index (χ4v) is 4.30. The number of halogens is 1. The summed E-state index contributed by atoms with van der Waals surface area (Å²) < 4.78 is 11.9. The Labute approximate surface area is 178 Å². The van der Waals surface area contributed by atoms with Crippen LogP contribution in [0.25, 0.3) is 6.08 Å². The molecule has 156 valence electrons. The van der Waals surface area contributed by atoms with Gasteiger partial charge in [0.2, 0.25) is 0 Å². The van der Waals surface area contributed by atoms with Crippen LogP contribution in [-0.2, 0) is 9.59 Å². The molecule has 2 aliphatic rings. The van der Waals surface area contributed by atoms with Gasteiger partial charge in [-0.05, 0) is 66.4 Å². The zero-order valence-corrected chi connectivity index (χ0v) is 18.2. The number of amides is 4. The summed E-state index contributed by atoms with van der Waals surface area (Å²) in [4.78, 5) is 39.0. The van der Waals surface area contributed by atoms with E-state index >= 15 is 0 Å². The number of urea groups is 1. The molecule has 7 nitrogen and oxygen atoms in total. The van der Waals surface area contributed by atoms with Gasteiger partial charge >= 0.3 is 6.03 Å². The number of nitrogens with one attached hydrogen (secondary N) is 1. The summed E-state index contributed by atoms with van der Waals surface area (Å²) in [6.07, 6.45) is 6.06. The summed E-state index contributed by atoms with van der Waals surface area (Å²) in [5, 5.41) is 2.30. The van der Waals surface area contributed by atoms with Gasteiger partial charge in [-0.15, -0.1) is 0 Å². The molecule has 1 saturated carbocycles. The highest BCUT2D eigenvalue weighted by molar-refractivity contribution is 9.10. The van der Waals surface area contributed by atoms with E-state index in [-0.39, 0.29) is 11.6 Å². The van der Waals surface area contributed by atoms with Crippen LogP contribution >= 0.6 is 15.9 Å². The predicted molar refractivity (Wildman–Crippen MR) is 112 cm³/mol. The SMILES string of the molecule is CCOc1cc(C=C2C(=O)NC(=O)N(C3CCCCC3)C2=O)cc(Br)c1OCC. The first kappa shape index (κ1) is 21.4. The number of carbonyl (C=O) groups excluding carboxylic acids is 3. The second-order valence-corrected chi connectivity index (χ2v) is 7.83. The first-order valence-corrected chi connectivity index (χ1v) is 10.7. The lowest BCUT2D eigenvalue weighted by Gasteiger charge is -2.35. The Hall–Kier alpha value is -2.35. The van der Waals surface area contributed by atoms with Gasteiger partial charge in [-0.2, -0.15) is 0 Å². The molecule has 1 aromatic carbocycles. The van der Waals surface area contributed by atoms with E-state index in [2.05, 4.69) is 21.2 Å². The van der Waals surface area contributed by atoms with E-state index in [9.17, 15) is 14.4 Å². The third-order valence-electron chi connectivity index (χ3n) is 5.00. The highest BCUT2D eigenvalue weighted by Crippen LogP contribution is 2.38. The maximum Gasteiger partial charge on any atom is 0.331 e. The third-order valence-corrected chi connectivity index (χ3v) is 5.59. The smallest absolute Gasteiger partial charge is 0.331 e. The van der Waals surface area contributed by atoms with Gasteiger partial charge in [0.25, 0.3) is 11.8 Å². The van der Waals surface area contributed by atoms with Crippen molar-refractivity contribution in [2.45, 2.75) is 52.0 Å². The molecular weight excluding hydrogens is 440 g/mol. The number of hydrogen-bond donors (Lipinski definition) is 1. The molecular formula is C21H25BrN2O5. The van der Waals surface area contributed by atoms with Crippen molar-refractivity contribution in [1.29, 1.82) is 0 Å². The molecule has 0 spiro atoms. The topological polar surface area (TPSA) is 84.9 Å². The van der Waals surface area contributed by atoms with Gasteiger partial charge in [0.15, 0.2) is 11.5 Å². The van der Waals surface area contributed by atoms with Gasteiger partial charge in [-0.25, -0.2) is 4.79 Å². The van der Waals surface area contributed by atoms with Gasteiger partial charge in [0.1, 0.15) is 5.57 Å². The number of imide groups is 2. The first-order valence-electron chi connectivity index (χ1n) is 9.96. The largest absolute Gasteiger partial charge is 0.490 e. The molecule has 1 aliphatic carbocycles. The third kappa shape index (κ3) is 4.63. The van der Waals surface area contributed by atoms with E-state index < -0.39 is 17.8 Å². The average Bonchev–Trinajstić information content (AvgIpc) is 2.69. The molecule has 0 aromatic heterocycles. The number of rotatable bonds is 6. The Morgan fingerprint density at radius 1 is 1.10 bits per heavy atom. The quantitative estimate of drug-likeness (QED) is 0.507.